The number of hydrogen-bond acceptors (Lipinski definition) is 8. The molecule has 0 aliphatic carbocycles. The predicted octanol–water partition coefficient (Wildman–Crippen LogP) is 2.25. The Labute approximate surface area is 237 Å². The fourth-order valence-electron chi connectivity index (χ4n) is 4.85. The molecular weight excluding hydrogens is 518 g/mol. The van der Waals surface area contributed by atoms with Crippen LogP contribution in [0.15, 0.2) is 30.3 Å². The van der Waals surface area contributed by atoms with Crippen LogP contribution in [-0.4, -0.2) is 97.9 Å². The minimum absolute atomic E-state index is 0.0439. The van der Waals surface area contributed by atoms with Gasteiger partial charge in [0.25, 0.3) is 5.91 Å². The molecule has 11 nitrogen and oxygen atoms in total. The van der Waals surface area contributed by atoms with Crippen molar-refractivity contribution in [1.29, 1.82) is 0 Å². The summed E-state index contributed by atoms with van der Waals surface area (Å²) >= 11 is 0. The molecule has 1 aromatic carbocycles. The maximum absolute atomic E-state index is 12.9. The van der Waals surface area contributed by atoms with Crippen LogP contribution in [0.3, 0.4) is 0 Å². The molecule has 3 amide bonds. The van der Waals surface area contributed by atoms with Crippen LogP contribution < -0.4 is 10.6 Å². The molecule has 0 saturated carbocycles. The smallest absolute Gasteiger partial charge is 0.410 e. The number of amides is 3. The summed E-state index contributed by atoms with van der Waals surface area (Å²) in [6.07, 6.45) is -4.10. The van der Waals surface area contributed by atoms with Crippen molar-refractivity contribution >= 4 is 17.9 Å². The largest absolute Gasteiger partial charge is 0.444 e. The first-order valence-electron chi connectivity index (χ1n) is 13.8. The second-order valence-electron chi connectivity index (χ2n) is 11.2. The van der Waals surface area contributed by atoms with Gasteiger partial charge in [-0.1, -0.05) is 50.6 Å². The molecule has 0 radical (unpaired) electrons. The van der Waals surface area contributed by atoms with Crippen molar-refractivity contribution in [2.45, 2.75) is 96.2 Å². The lowest BCUT2D eigenvalue weighted by Gasteiger charge is -2.36. The van der Waals surface area contributed by atoms with Crippen LogP contribution in [0.2, 0.25) is 0 Å². The summed E-state index contributed by atoms with van der Waals surface area (Å²) in [6, 6.07) is 8.87. The van der Waals surface area contributed by atoms with E-state index >= 15 is 0 Å². The number of benzene rings is 1. The average molecular weight is 566 g/mol. The number of nitrogens with zero attached hydrogens (tertiary/aromatic N) is 1. The van der Waals surface area contributed by atoms with Crippen LogP contribution in [0.5, 0.6) is 0 Å². The molecule has 1 aliphatic rings. The molecule has 226 valence electrons. The van der Waals surface area contributed by atoms with Gasteiger partial charge in [0.05, 0.1) is 18.6 Å². The first kappa shape index (κ1) is 33.5. The number of methoxy groups -OCH3 is 2. The number of aliphatic hydroxyl groups excluding tert-OH is 1. The zero-order valence-corrected chi connectivity index (χ0v) is 25.0. The minimum atomic E-state index is -1.13. The highest BCUT2D eigenvalue weighted by atomic mass is 16.6. The maximum Gasteiger partial charge on any atom is 0.410 e. The van der Waals surface area contributed by atoms with E-state index in [1.54, 1.807) is 27.8 Å². The van der Waals surface area contributed by atoms with Crippen LogP contribution in [-0.2, 0) is 35.1 Å². The van der Waals surface area contributed by atoms with Crippen LogP contribution >= 0.6 is 0 Å². The standard InChI is InChI=1S/C29H47N3O8/c1-9-18(2)23(32(6)28(36)40-29(3,4)5)20(33)15-22(34)30-17-21-24(37-7)25(38-8)26(39-21)27(35)31-16-19-13-11-10-12-14-19/h10-14,18,20-21,23-26,33H,9,15-17H2,1-8H3,(H,30,34)(H,31,35)/t18-,20+,21?,23?,24+,25-,26?/m0/s1. The Morgan fingerprint density at radius 3 is 2.25 bits per heavy atom. The van der Waals surface area contributed by atoms with Gasteiger partial charge in [-0.15, -0.1) is 0 Å². The molecule has 7 atom stereocenters. The van der Waals surface area contributed by atoms with Gasteiger partial charge in [-0.05, 0) is 32.3 Å². The summed E-state index contributed by atoms with van der Waals surface area (Å²) < 4.78 is 22.6. The summed E-state index contributed by atoms with van der Waals surface area (Å²) in [5, 5.41) is 16.6. The minimum Gasteiger partial charge on any atom is -0.444 e. The highest BCUT2D eigenvalue weighted by molar-refractivity contribution is 5.82. The Bertz CT molecular complexity index is 954. The van der Waals surface area contributed by atoms with Gasteiger partial charge in [0.1, 0.15) is 23.9 Å². The Balaban J connectivity index is 1.99. The number of likely N-dealkylation sites (N-methyl/N-ethyl adjacent to an activating group) is 1. The van der Waals surface area contributed by atoms with E-state index in [0.29, 0.717) is 13.0 Å². The molecule has 0 spiro atoms. The van der Waals surface area contributed by atoms with Gasteiger partial charge in [0.15, 0.2) is 6.10 Å². The van der Waals surface area contributed by atoms with Crippen molar-refractivity contribution in [3.8, 4) is 0 Å². The third kappa shape index (κ3) is 9.43. The van der Waals surface area contributed by atoms with E-state index in [1.807, 2.05) is 44.2 Å². The molecule has 1 aromatic rings. The van der Waals surface area contributed by atoms with E-state index < -0.39 is 54.2 Å². The fourth-order valence-corrected chi connectivity index (χ4v) is 4.85. The predicted molar refractivity (Wildman–Crippen MR) is 149 cm³/mol. The first-order chi connectivity index (χ1) is 18.8. The van der Waals surface area contributed by atoms with Gasteiger partial charge in [0, 0.05) is 34.4 Å². The molecule has 1 heterocycles. The van der Waals surface area contributed by atoms with E-state index in [4.69, 9.17) is 18.9 Å². The molecule has 11 heteroatoms. The fraction of sp³-hybridized carbons (Fsp3) is 0.690. The summed E-state index contributed by atoms with van der Waals surface area (Å²) in [4.78, 5) is 39.8. The highest BCUT2D eigenvalue weighted by Gasteiger charge is 2.48. The zero-order chi connectivity index (χ0) is 30.0. The Kier molecular flexibility index (Phi) is 12.8. The summed E-state index contributed by atoms with van der Waals surface area (Å²) in [5.41, 5.74) is 0.255. The van der Waals surface area contributed by atoms with Gasteiger partial charge in [-0.25, -0.2) is 4.79 Å². The lowest BCUT2D eigenvalue weighted by atomic mass is 9.91. The molecule has 1 fully saturated rings. The van der Waals surface area contributed by atoms with E-state index in [-0.39, 0.29) is 24.8 Å². The first-order valence-corrected chi connectivity index (χ1v) is 13.8. The van der Waals surface area contributed by atoms with E-state index in [0.717, 1.165) is 5.56 Å². The third-order valence-corrected chi connectivity index (χ3v) is 7.07. The molecule has 1 aliphatic heterocycles. The molecule has 0 aromatic heterocycles. The van der Waals surface area contributed by atoms with Crippen LogP contribution in [0.4, 0.5) is 4.79 Å². The van der Waals surface area contributed by atoms with Crippen LogP contribution in [0, 0.1) is 5.92 Å². The Hall–Kier alpha value is -2.73. The molecule has 3 unspecified atom stereocenters. The van der Waals surface area contributed by atoms with Crippen molar-refractivity contribution in [2.75, 3.05) is 27.8 Å². The van der Waals surface area contributed by atoms with Crippen molar-refractivity contribution in [3.63, 3.8) is 0 Å². The Morgan fingerprint density at radius 2 is 1.70 bits per heavy atom. The number of aliphatic hydroxyl groups is 1. The number of nitrogens with one attached hydrogen (secondary N) is 2. The van der Waals surface area contributed by atoms with E-state index in [1.165, 1.54) is 19.1 Å². The van der Waals surface area contributed by atoms with E-state index in [2.05, 4.69) is 10.6 Å². The average Bonchev–Trinajstić information content (AvgIpc) is 3.27. The molecule has 0 bridgehead atoms. The number of carbonyl (C=O) groups is 3. The van der Waals surface area contributed by atoms with Gasteiger partial charge in [-0.3, -0.25) is 9.59 Å². The van der Waals surface area contributed by atoms with Gasteiger partial charge in [-0.2, -0.15) is 0 Å². The molecular formula is C29H47N3O8. The van der Waals surface area contributed by atoms with E-state index in [9.17, 15) is 19.5 Å². The lowest BCUT2D eigenvalue weighted by Crippen LogP contribution is -2.51. The lowest BCUT2D eigenvalue weighted by molar-refractivity contribution is -0.137. The third-order valence-electron chi connectivity index (χ3n) is 7.07. The molecule has 1 saturated heterocycles. The number of rotatable bonds is 13. The summed E-state index contributed by atoms with van der Waals surface area (Å²) in [5.74, 6) is -0.861. The number of carbonyl (C=O) groups excluding carboxylic acids is 3. The second-order valence-corrected chi connectivity index (χ2v) is 11.2. The Morgan fingerprint density at radius 1 is 1.07 bits per heavy atom. The highest BCUT2D eigenvalue weighted by Crippen LogP contribution is 2.26. The molecule has 2 rings (SSSR count). The maximum atomic E-state index is 12.9. The number of hydrogen-bond donors (Lipinski definition) is 3. The normalized spacial score (nSPS) is 23.1. The zero-order valence-electron chi connectivity index (χ0n) is 25.0. The van der Waals surface area contributed by atoms with Crippen LogP contribution in [0.25, 0.3) is 0 Å². The van der Waals surface area contributed by atoms with Crippen molar-refractivity contribution < 1.29 is 38.4 Å². The SMILES string of the molecule is CC[C@H](C)C([C@H](O)CC(=O)NCC1OC(C(=O)NCc2ccccc2)[C@@H](OC)[C@@H]1OC)N(C)C(=O)OC(C)(C)C. The summed E-state index contributed by atoms with van der Waals surface area (Å²) in [6.45, 7) is 9.55. The van der Waals surface area contributed by atoms with Crippen molar-refractivity contribution in [1.82, 2.24) is 15.5 Å². The monoisotopic (exact) mass is 565 g/mol. The quantitative estimate of drug-likeness (QED) is 0.331. The van der Waals surface area contributed by atoms with Gasteiger partial charge >= 0.3 is 6.09 Å². The second kappa shape index (κ2) is 15.3. The van der Waals surface area contributed by atoms with Crippen molar-refractivity contribution in [2.24, 2.45) is 5.92 Å². The van der Waals surface area contributed by atoms with Gasteiger partial charge < -0.3 is 39.6 Å². The molecule has 3 N–H and O–H groups in total. The number of ether oxygens (including phenoxy) is 4. The molecule has 40 heavy (non-hydrogen) atoms. The van der Waals surface area contributed by atoms with Gasteiger partial charge in [0.2, 0.25) is 5.91 Å². The summed E-state index contributed by atoms with van der Waals surface area (Å²) in [7, 11) is 4.53. The van der Waals surface area contributed by atoms with Crippen LogP contribution in [0.1, 0.15) is 53.0 Å². The topological polar surface area (TPSA) is 136 Å². The van der Waals surface area contributed by atoms with Crippen molar-refractivity contribution in [3.05, 3.63) is 35.9 Å².